The Kier molecular flexibility index (Phi) is 7.74. The van der Waals surface area contributed by atoms with Gasteiger partial charge in [-0.25, -0.2) is 15.0 Å². The van der Waals surface area contributed by atoms with Crippen molar-refractivity contribution < 1.29 is 23.8 Å². The number of aromatic nitrogens is 3. The van der Waals surface area contributed by atoms with Crippen LogP contribution in [0, 0.1) is 5.92 Å². The van der Waals surface area contributed by atoms with E-state index in [2.05, 4.69) is 32.5 Å². The highest BCUT2D eigenvalue weighted by molar-refractivity contribution is 6.41. The largest absolute Gasteiger partial charge is 0.495 e. The highest BCUT2D eigenvalue weighted by Gasteiger charge is 2.32. The van der Waals surface area contributed by atoms with Crippen molar-refractivity contribution in [3.05, 3.63) is 41.0 Å². The van der Waals surface area contributed by atoms with Crippen LogP contribution in [-0.2, 0) is 14.3 Å². The maximum atomic E-state index is 12.8. The molecule has 0 spiro atoms. The molecule has 2 amide bonds. The van der Waals surface area contributed by atoms with E-state index >= 15 is 0 Å². The van der Waals surface area contributed by atoms with Gasteiger partial charge in [0.2, 0.25) is 17.8 Å². The Bertz CT molecular complexity index is 1440. The number of fused-ring (bicyclic) bond motifs is 1. The second kappa shape index (κ2) is 11.2. The summed E-state index contributed by atoms with van der Waals surface area (Å²) < 4.78 is 16.3. The van der Waals surface area contributed by atoms with Crippen LogP contribution in [0.1, 0.15) is 12.8 Å². The minimum absolute atomic E-state index is 0.0705. The van der Waals surface area contributed by atoms with Crippen LogP contribution in [0.5, 0.6) is 11.5 Å². The van der Waals surface area contributed by atoms with Crippen LogP contribution in [0.15, 0.2) is 31.0 Å². The molecule has 1 saturated carbocycles. The van der Waals surface area contributed by atoms with E-state index < -0.39 is 0 Å². The molecule has 1 aliphatic carbocycles. The highest BCUT2D eigenvalue weighted by Crippen LogP contribution is 2.46. The second-order valence-corrected chi connectivity index (χ2v) is 9.90. The van der Waals surface area contributed by atoms with Gasteiger partial charge in [0.25, 0.3) is 0 Å². The molecule has 204 valence electrons. The third-order valence-corrected chi connectivity index (χ3v) is 7.24. The normalized spacial score (nSPS) is 18.5. The van der Waals surface area contributed by atoms with E-state index in [9.17, 15) is 9.59 Å². The van der Waals surface area contributed by atoms with Crippen LogP contribution in [0.25, 0.3) is 22.2 Å². The number of hydrogen-bond acceptors (Lipinski definition) is 9. The fraction of sp³-hybridized carbons (Fsp3) is 0.346. The summed E-state index contributed by atoms with van der Waals surface area (Å²) in [7, 11) is 2.97. The van der Waals surface area contributed by atoms with Crippen LogP contribution in [0.3, 0.4) is 0 Å². The number of halogens is 2. The topological polar surface area (TPSA) is 137 Å². The van der Waals surface area contributed by atoms with Gasteiger partial charge in [0.15, 0.2) is 5.82 Å². The monoisotopic (exact) mass is 572 g/mol. The predicted molar refractivity (Wildman–Crippen MR) is 148 cm³/mol. The molecule has 3 N–H and O–H groups in total. The summed E-state index contributed by atoms with van der Waals surface area (Å²) >= 11 is 13.3. The number of methoxy groups -OCH3 is 2. The molecule has 0 bridgehead atoms. The van der Waals surface area contributed by atoms with Crippen molar-refractivity contribution in [2.24, 2.45) is 5.92 Å². The van der Waals surface area contributed by atoms with Crippen molar-refractivity contribution in [1.29, 1.82) is 0 Å². The Morgan fingerprint density at radius 1 is 1.08 bits per heavy atom. The van der Waals surface area contributed by atoms with Gasteiger partial charge in [-0.2, -0.15) is 0 Å². The quantitative estimate of drug-likeness (QED) is 0.326. The summed E-state index contributed by atoms with van der Waals surface area (Å²) in [6, 6.07) is 2.74. The maximum absolute atomic E-state index is 12.8. The molecule has 0 unspecified atom stereocenters. The molecule has 11 nitrogen and oxygen atoms in total. The molecular weight excluding hydrogens is 547 g/mol. The van der Waals surface area contributed by atoms with Gasteiger partial charge in [-0.3, -0.25) is 9.59 Å². The third kappa shape index (κ3) is 5.56. The minimum Gasteiger partial charge on any atom is -0.495 e. The first kappa shape index (κ1) is 26.9. The Labute approximate surface area is 234 Å². The van der Waals surface area contributed by atoms with E-state index in [-0.39, 0.29) is 51.6 Å². The van der Waals surface area contributed by atoms with Gasteiger partial charge in [0.05, 0.1) is 55.3 Å². The molecule has 2 fully saturated rings. The lowest BCUT2D eigenvalue weighted by atomic mass is 10.1. The van der Waals surface area contributed by atoms with Crippen LogP contribution in [0.2, 0.25) is 10.0 Å². The first-order chi connectivity index (χ1) is 18.8. The Morgan fingerprint density at radius 2 is 1.77 bits per heavy atom. The maximum Gasteiger partial charge on any atom is 0.243 e. The van der Waals surface area contributed by atoms with E-state index in [0.717, 1.165) is 12.8 Å². The molecule has 1 saturated heterocycles. The molecule has 5 rings (SSSR count). The predicted octanol–water partition coefficient (Wildman–Crippen LogP) is 3.85. The number of carbonyl (C=O) groups is 2. The van der Waals surface area contributed by atoms with Gasteiger partial charge in [0.1, 0.15) is 17.0 Å². The number of hydrogen-bond donors (Lipinski definition) is 3. The highest BCUT2D eigenvalue weighted by atomic mass is 35.5. The second-order valence-electron chi connectivity index (χ2n) is 9.14. The zero-order valence-electron chi connectivity index (χ0n) is 21.2. The molecule has 39 heavy (non-hydrogen) atoms. The van der Waals surface area contributed by atoms with Crippen molar-refractivity contribution in [2.75, 3.05) is 38.1 Å². The van der Waals surface area contributed by atoms with Crippen LogP contribution < -0.4 is 25.4 Å². The van der Waals surface area contributed by atoms with E-state index in [0.29, 0.717) is 46.9 Å². The van der Waals surface area contributed by atoms with Crippen LogP contribution >= 0.6 is 23.2 Å². The van der Waals surface area contributed by atoms with Crippen molar-refractivity contribution in [2.45, 2.75) is 24.9 Å². The molecule has 1 aliphatic heterocycles. The molecule has 13 heteroatoms. The first-order valence-electron chi connectivity index (χ1n) is 12.2. The summed E-state index contributed by atoms with van der Waals surface area (Å²) in [5, 5.41) is 10.0. The molecule has 2 aromatic heterocycles. The SMILES string of the molecule is C=CC(=O)N[C@H]1COC[C@H]1Nc1ncc2cc(-c3c(Cl)c(OC)cc(OC)c3Cl)nc(NC(=O)C3CC3)c2n1. The molecule has 3 aromatic rings. The van der Waals surface area contributed by atoms with E-state index in [1.54, 1.807) is 18.3 Å². The third-order valence-electron chi connectivity index (χ3n) is 6.49. The lowest BCUT2D eigenvalue weighted by Crippen LogP contribution is -2.45. The van der Waals surface area contributed by atoms with Gasteiger partial charge >= 0.3 is 0 Å². The Morgan fingerprint density at radius 3 is 2.41 bits per heavy atom. The molecule has 1 aromatic carbocycles. The van der Waals surface area contributed by atoms with Crippen molar-refractivity contribution in [1.82, 2.24) is 20.3 Å². The zero-order chi connectivity index (χ0) is 27.7. The van der Waals surface area contributed by atoms with Crippen molar-refractivity contribution in [3.63, 3.8) is 0 Å². The van der Waals surface area contributed by atoms with Gasteiger partial charge in [-0.15, -0.1) is 0 Å². The number of amides is 2. The lowest BCUT2D eigenvalue weighted by molar-refractivity contribution is -0.118. The molecule has 0 radical (unpaired) electrons. The van der Waals surface area contributed by atoms with Gasteiger partial charge in [-0.05, 0) is 25.0 Å². The number of benzene rings is 1. The smallest absolute Gasteiger partial charge is 0.243 e. The summed E-state index contributed by atoms with van der Waals surface area (Å²) in [4.78, 5) is 38.4. The summed E-state index contributed by atoms with van der Waals surface area (Å²) in [6.45, 7) is 4.17. The number of nitrogens with one attached hydrogen (secondary N) is 3. The summed E-state index contributed by atoms with van der Waals surface area (Å²) in [5.74, 6) is 0.705. The number of ether oxygens (including phenoxy) is 3. The van der Waals surface area contributed by atoms with Gasteiger partial charge in [-0.1, -0.05) is 29.8 Å². The molecule has 2 aliphatic rings. The number of nitrogens with zero attached hydrogens (tertiary/aromatic N) is 3. The number of carbonyl (C=O) groups excluding carboxylic acids is 2. The Hall–Kier alpha value is -3.67. The minimum atomic E-state index is -0.301. The first-order valence-corrected chi connectivity index (χ1v) is 12.9. The van der Waals surface area contributed by atoms with Crippen molar-refractivity contribution >= 4 is 57.7 Å². The number of rotatable bonds is 9. The van der Waals surface area contributed by atoms with E-state index in [1.807, 2.05) is 0 Å². The number of pyridine rings is 1. The van der Waals surface area contributed by atoms with Gasteiger partial charge < -0.3 is 30.2 Å². The molecule has 3 heterocycles. The van der Waals surface area contributed by atoms with Crippen molar-refractivity contribution in [3.8, 4) is 22.8 Å². The van der Waals surface area contributed by atoms with E-state index in [4.69, 9.17) is 42.4 Å². The molecule has 2 atom stereocenters. The lowest BCUT2D eigenvalue weighted by Gasteiger charge is -2.20. The summed E-state index contributed by atoms with van der Waals surface area (Å²) in [6.07, 6.45) is 4.44. The van der Waals surface area contributed by atoms with E-state index in [1.165, 1.54) is 20.3 Å². The summed E-state index contributed by atoms with van der Waals surface area (Å²) in [5.41, 5.74) is 1.17. The standard InChI is InChI=1S/C26H26Cl2N6O5/c1-4-19(35)30-15-10-39-11-16(15)32-26-29-9-13-7-14(20-21(27)17(37-2)8-18(38-3)22(20)28)31-24(23(13)33-26)34-25(36)12-5-6-12/h4,7-9,12,15-16H,1,5-6,10-11H2,2-3H3,(H,30,35)(H,29,32,33)(H,31,34,36)/t15-,16+/m0/s1. The number of anilines is 2. The average molecular weight is 573 g/mol. The fourth-order valence-corrected chi connectivity index (χ4v) is 4.94. The molecular formula is C26H26Cl2N6O5. The fourth-order valence-electron chi connectivity index (χ4n) is 4.25. The van der Waals surface area contributed by atoms with Gasteiger partial charge in [0, 0.05) is 29.1 Å². The Balaban J connectivity index is 1.57. The zero-order valence-corrected chi connectivity index (χ0v) is 22.7. The van der Waals surface area contributed by atoms with Crippen LogP contribution in [-0.4, -0.2) is 66.3 Å². The average Bonchev–Trinajstić information content (AvgIpc) is 3.70. The van der Waals surface area contributed by atoms with Crippen LogP contribution in [0.4, 0.5) is 11.8 Å².